The molecule has 0 aliphatic carbocycles. The van der Waals surface area contributed by atoms with Gasteiger partial charge in [-0.05, 0) is 49.6 Å². The molecule has 23 heavy (non-hydrogen) atoms. The Morgan fingerprint density at radius 2 is 1.74 bits per heavy atom. The number of aryl methyl sites for hydroxylation is 2. The Kier molecular flexibility index (Phi) is 4.03. The van der Waals surface area contributed by atoms with Crippen LogP contribution in [0.1, 0.15) is 32.3 Å². The second-order valence-corrected chi connectivity index (χ2v) is 5.87. The summed E-state index contributed by atoms with van der Waals surface area (Å²) in [5, 5.41) is 2.66. The smallest absolute Gasteiger partial charge is 0.305 e. The zero-order valence-electron chi connectivity index (χ0n) is 12.6. The highest BCUT2D eigenvalue weighted by Gasteiger charge is 2.18. The number of furan rings is 1. The monoisotopic (exact) mass is 329 g/mol. The molecule has 0 aromatic carbocycles. The van der Waals surface area contributed by atoms with Gasteiger partial charge in [0, 0.05) is 11.4 Å². The van der Waals surface area contributed by atoms with Crippen LogP contribution in [0, 0.1) is 13.8 Å². The first-order chi connectivity index (χ1) is 11.1. The van der Waals surface area contributed by atoms with Gasteiger partial charge in [0.05, 0.1) is 11.8 Å². The van der Waals surface area contributed by atoms with E-state index in [1.165, 1.54) is 23.7 Å². The van der Waals surface area contributed by atoms with Crippen LogP contribution in [0.4, 0.5) is 0 Å². The minimum absolute atomic E-state index is 0.132. The number of thiophene rings is 1. The summed E-state index contributed by atoms with van der Waals surface area (Å²) in [5.41, 5.74) is 7.33. The van der Waals surface area contributed by atoms with Crippen LogP contribution in [0.25, 0.3) is 5.00 Å². The number of amides is 2. The summed E-state index contributed by atoms with van der Waals surface area (Å²) >= 11 is 1.47. The van der Waals surface area contributed by atoms with Crippen molar-refractivity contribution in [2.75, 3.05) is 0 Å². The fourth-order valence-electron chi connectivity index (χ4n) is 2.29. The van der Waals surface area contributed by atoms with Gasteiger partial charge in [-0.25, -0.2) is 0 Å². The van der Waals surface area contributed by atoms with Crippen molar-refractivity contribution in [3.05, 3.63) is 64.7 Å². The average molecular weight is 329 g/mol. The van der Waals surface area contributed by atoms with Crippen molar-refractivity contribution in [1.29, 1.82) is 0 Å². The third-order valence-corrected chi connectivity index (χ3v) is 4.30. The Balaban J connectivity index is 1.77. The van der Waals surface area contributed by atoms with Crippen LogP contribution < -0.4 is 10.9 Å². The molecule has 0 saturated carbocycles. The fraction of sp³-hybridized carbons (Fsp3) is 0.125. The third kappa shape index (κ3) is 2.91. The van der Waals surface area contributed by atoms with Gasteiger partial charge in [0.25, 0.3) is 5.91 Å². The van der Waals surface area contributed by atoms with Crippen LogP contribution in [-0.4, -0.2) is 16.4 Å². The van der Waals surface area contributed by atoms with Crippen molar-refractivity contribution >= 4 is 23.2 Å². The molecule has 2 amide bonds. The van der Waals surface area contributed by atoms with E-state index in [1.54, 1.807) is 12.1 Å². The van der Waals surface area contributed by atoms with Crippen LogP contribution in [0.3, 0.4) is 0 Å². The van der Waals surface area contributed by atoms with E-state index in [4.69, 9.17) is 4.42 Å². The molecule has 0 spiro atoms. The molecule has 0 atom stereocenters. The van der Waals surface area contributed by atoms with Crippen LogP contribution in [0.5, 0.6) is 0 Å². The lowest BCUT2D eigenvalue weighted by Crippen LogP contribution is -2.41. The van der Waals surface area contributed by atoms with E-state index < -0.39 is 5.91 Å². The minimum atomic E-state index is -0.506. The highest BCUT2D eigenvalue weighted by Crippen LogP contribution is 2.25. The predicted octanol–water partition coefficient (Wildman–Crippen LogP) is 2.82. The van der Waals surface area contributed by atoms with E-state index >= 15 is 0 Å². The Bertz CT molecular complexity index is 826. The standard InChI is InChI=1S/C16H15N3O3S/c1-10-5-6-11(2)19(10)16-12(7-9-23-16)14(20)17-18-15(21)13-4-3-8-22-13/h3-9H,1-2H3,(H,17,20)(H,18,21). The van der Waals surface area contributed by atoms with E-state index in [0.29, 0.717) is 5.56 Å². The summed E-state index contributed by atoms with van der Waals surface area (Å²) in [6.45, 7) is 3.96. The van der Waals surface area contributed by atoms with Crippen molar-refractivity contribution in [3.8, 4) is 5.00 Å². The molecule has 0 unspecified atom stereocenters. The van der Waals surface area contributed by atoms with Crippen LogP contribution in [0.2, 0.25) is 0 Å². The highest BCUT2D eigenvalue weighted by atomic mass is 32.1. The SMILES string of the molecule is Cc1ccc(C)n1-c1sccc1C(=O)NNC(=O)c1ccco1. The number of hydrogen-bond acceptors (Lipinski definition) is 4. The molecule has 2 N–H and O–H groups in total. The summed E-state index contributed by atoms with van der Waals surface area (Å²) in [5.74, 6) is -0.755. The van der Waals surface area contributed by atoms with E-state index in [1.807, 2.05) is 35.9 Å². The molecular weight excluding hydrogens is 314 g/mol. The van der Waals surface area contributed by atoms with Gasteiger partial charge in [0.2, 0.25) is 0 Å². The number of rotatable bonds is 3. The molecule has 3 rings (SSSR count). The van der Waals surface area contributed by atoms with Crippen molar-refractivity contribution in [2.45, 2.75) is 13.8 Å². The average Bonchev–Trinajstić information content (AvgIpc) is 3.25. The second-order valence-electron chi connectivity index (χ2n) is 4.98. The molecular formula is C16H15N3O3S. The zero-order valence-corrected chi connectivity index (χ0v) is 13.4. The maximum absolute atomic E-state index is 12.4. The summed E-state index contributed by atoms with van der Waals surface area (Å²) in [6.07, 6.45) is 1.39. The van der Waals surface area contributed by atoms with Crippen LogP contribution in [0.15, 0.2) is 46.4 Å². The number of hydrogen-bond donors (Lipinski definition) is 2. The molecule has 0 aliphatic rings. The number of nitrogens with one attached hydrogen (secondary N) is 2. The molecule has 3 aromatic rings. The van der Waals surface area contributed by atoms with Gasteiger partial charge >= 0.3 is 5.91 Å². The Morgan fingerprint density at radius 1 is 1.04 bits per heavy atom. The maximum Gasteiger partial charge on any atom is 0.305 e. The van der Waals surface area contributed by atoms with E-state index in [9.17, 15) is 9.59 Å². The Morgan fingerprint density at radius 3 is 2.39 bits per heavy atom. The molecule has 0 radical (unpaired) electrons. The lowest BCUT2D eigenvalue weighted by atomic mass is 10.3. The van der Waals surface area contributed by atoms with Gasteiger partial charge in [-0.1, -0.05) is 0 Å². The molecule has 7 heteroatoms. The van der Waals surface area contributed by atoms with Gasteiger partial charge in [0.1, 0.15) is 5.00 Å². The summed E-state index contributed by atoms with van der Waals surface area (Å²) in [7, 11) is 0. The van der Waals surface area contributed by atoms with Crippen LogP contribution in [-0.2, 0) is 0 Å². The van der Waals surface area contributed by atoms with Gasteiger partial charge < -0.3 is 8.98 Å². The first kappa shape index (κ1) is 15.1. The summed E-state index contributed by atoms with van der Waals surface area (Å²) in [4.78, 5) is 24.1. The molecule has 118 valence electrons. The van der Waals surface area contributed by atoms with Gasteiger partial charge in [-0.2, -0.15) is 0 Å². The number of aromatic nitrogens is 1. The lowest BCUT2D eigenvalue weighted by molar-refractivity contribution is 0.0831. The number of hydrazine groups is 1. The van der Waals surface area contributed by atoms with Gasteiger partial charge in [0.15, 0.2) is 5.76 Å². The highest BCUT2D eigenvalue weighted by molar-refractivity contribution is 7.13. The molecule has 3 aromatic heterocycles. The van der Waals surface area contributed by atoms with E-state index in [0.717, 1.165) is 16.4 Å². The largest absolute Gasteiger partial charge is 0.459 e. The lowest BCUT2D eigenvalue weighted by Gasteiger charge is -2.10. The fourth-order valence-corrected chi connectivity index (χ4v) is 3.30. The normalized spacial score (nSPS) is 10.5. The van der Waals surface area contributed by atoms with Crippen LogP contribution >= 0.6 is 11.3 Å². The molecule has 6 nitrogen and oxygen atoms in total. The Labute approximate surface area is 136 Å². The quantitative estimate of drug-likeness (QED) is 0.726. The molecule has 0 aliphatic heterocycles. The van der Waals surface area contributed by atoms with Crippen molar-refractivity contribution in [3.63, 3.8) is 0 Å². The maximum atomic E-state index is 12.4. The number of carbonyl (C=O) groups excluding carboxylic acids is 2. The first-order valence-electron chi connectivity index (χ1n) is 6.95. The second kappa shape index (κ2) is 6.13. The van der Waals surface area contributed by atoms with Gasteiger partial charge in [-0.3, -0.25) is 20.4 Å². The number of carbonyl (C=O) groups is 2. The first-order valence-corrected chi connectivity index (χ1v) is 7.83. The summed E-state index contributed by atoms with van der Waals surface area (Å²) < 4.78 is 6.97. The van der Waals surface area contributed by atoms with E-state index in [-0.39, 0.29) is 11.7 Å². The van der Waals surface area contributed by atoms with Gasteiger partial charge in [-0.15, -0.1) is 11.3 Å². The Hall–Kier alpha value is -2.80. The zero-order chi connectivity index (χ0) is 16.4. The molecule has 0 fully saturated rings. The molecule has 3 heterocycles. The minimum Gasteiger partial charge on any atom is -0.459 e. The van der Waals surface area contributed by atoms with E-state index in [2.05, 4.69) is 10.9 Å². The molecule has 0 saturated heterocycles. The molecule has 0 bridgehead atoms. The third-order valence-electron chi connectivity index (χ3n) is 3.40. The van der Waals surface area contributed by atoms with Crippen molar-refractivity contribution in [1.82, 2.24) is 15.4 Å². The van der Waals surface area contributed by atoms with Crippen molar-refractivity contribution < 1.29 is 14.0 Å². The predicted molar refractivity (Wildman–Crippen MR) is 86.8 cm³/mol. The number of nitrogens with zero attached hydrogens (tertiary/aromatic N) is 1. The van der Waals surface area contributed by atoms with Crippen molar-refractivity contribution in [2.24, 2.45) is 0 Å². The topological polar surface area (TPSA) is 76.3 Å². The summed E-state index contributed by atoms with van der Waals surface area (Å²) in [6, 6.07) is 8.84.